The molecule has 5 heteroatoms. The zero-order valence-electron chi connectivity index (χ0n) is 14.8. The summed E-state index contributed by atoms with van der Waals surface area (Å²) in [6.07, 6.45) is 0. The fraction of sp³-hybridized carbons (Fsp3) is 0.300. The minimum Gasteiger partial charge on any atom is -0.492 e. The van der Waals surface area contributed by atoms with E-state index in [1.807, 2.05) is 18.2 Å². The number of nitriles is 1. The van der Waals surface area contributed by atoms with Gasteiger partial charge in [-0.05, 0) is 47.4 Å². The first-order valence-electron chi connectivity index (χ1n) is 8.17. The Morgan fingerprint density at radius 3 is 2.28 bits per heavy atom. The van der Waals surface area contributed by atoms with Gasteiger partial charge in [0.25, 0.3) is 0 Å². The minimum atomic E-state index is -0.309. The molecule has 0 unspecified atom stereocenters. The lowest BCUT2D eigenvalue weighted by atomic mass is 9.87. The predicted molar refractivity (Wildman–Crippen MR) is 98.8 cm³/mol. The second-order valence-corrected chi connectivity index (χ2v) is 6.69. The van der Waals surface area contributed by atoms with Crippen LogP contribution >= 0.6 is 0 Å². The van der Waals surface area contributed by atoms with Crippen LogP contribution in [0.25, 0.3) is 0 Å². The van der Waals surface area contributed by atoms with Gasteiger partial charge in [-0.15, -0.1) is 0 Å². The number of nitrogens with zero attached hydrogens (tertiary/aromatic N) is 1. The van der Waals surface area contributed by atoms with Crippen molar-refractivity contribution >= 4 is 11.7 Å². The molecule has 0 radical (unpaired) electrons. The summed E-state index contributed by atoms with van der Waals surface area (Å²) in [7, 11) is 0. The molecular formula is C20H23N3O2. The van der Waals surface area contributed by atoms with Crippen molar-refractivity contribution in [3.05, 3.63) is 59.7 Å². The summed E-state index contributed by atoms with van der Waals surface area (Å²) in [6, 6.07) is 16.4. The first kappa shape index (κ1) is 18.3. The monoisotopic (exact) mass is 337 g/mol. The molecule has 2 rings (SSSR count). The molecule has 0 saturated heterocycles. The van der Waals surface area contributed by atoms with Crippen LogP contribution in [0.3, 0.4) is 0 Å². The van der Waals surface area contributed by atoms with Crippen LogP contribution in [-0.4, -0.2) is 19.2 Å². The molecule has 0 bridgehead atoms. The van der Waals surface area contributed by atoms with Gasteiger partial charge in [0, 0.05) is 5.69 Å². The Morgan fingerprint density at radius 2 is 1.72 bits per heavy atom. The lowest BCUT2D eigenvalue weighted by Gasteiger charge is -2.19. The molecule has 0 spiro atoms. The molecule has 0 aromatic heterocycles. The first-order valence-corrected chi connectivity index (χ1v) is 8.17. The molecular weight excluding hydrogens is 314 g/mol. The van der Waals surface area contributed by atoms with Gasteiger partial charge in [-0.3, -0.25) is 0 Å². The average Bonchev–Trinajstić information content (AvgIpc) is 2.59. The summed E-state index contributed by atoms with van der Waals surface area (Å²) < 4.78 is 5.63. The number of nitrogens with one attached hydrogen (secondary N) is 2. The lowest BCUT2D eigenvalue weighted by molar-refractivity contribution is 0.247. The second-order valence-electron chi connectivity index (χ2n) is 6.69. The zero-order valence-corrected chi connectivity index (χ0v) is 14.8. The Balaban J connectivity index is 1.71. The molecule has 2 N–H and O–H groups in total. The number of carbonyl (C=O) groups excluding carboxylic acids is 1. The number of ether oxygens (including phenoxy) is 1. The molecule has 0 saturated carbocycles. The van der Waals surface area contributed by atoms with Crippen molar-refractivity contribution in [3.63, 3.8) is 0 Å². The van der Waals surface area contributed by atoms with Gasteiger partial charge in [-0.25, -0.2) is 4.79 Å². The Morgan fingerprint density at radius 1 is 1.08 bits per heavy atom. The number of anilines is 1. The fourth-order valence-corrected chi connectivity index (χ4v) is 2.19. The van der Waals surface area contributed by atoms with E-state index in [4.69, 9.17) is 10.00 Å². The number of benzene rings is 2. The lowest BCUT2D eigenvalue weighted by Crippen LogP contribution is -2.32. The summed E-state index contributed by atoms with van der Waals surface area (Å²) in [6.45, 7) is 7.27. The van der Waals surface area contributed by atoms with Crippen molar-refractivity contribution in [2.45, 2.75) is 26.2 Å². The minimum absolute atomic E-state index is 0.115. The summed E-state index contributed by atoms with van der Waals surface area (Å²) in [5, 5.41) is 14.2. The van der Waals surface area contributed by atoms with Crippen molar-refractivity contribution in [1.82, 2.24) is 5.32 Å². The molecule has 130 valence electrons. The van der Waals surface area contributed by atoms with Gasteiger partial charge in [0.2, 0.25) is 0 Å². The van der Waals surface area contributed by atoms with Crippen LogP contribution in [0.15, 0.2) is 48.5 Å². The van der Waals surface area contributed by atoms with Crippen LogP contribution in [-0.2, 0) is 5.41 Å². The Bertz CT molecular complexity index is 738. The number of hydrogen-bond donors (Lipinski definition) is 2. The Hall–Kier alpha value is -3.00. The molecule has 2 aromatic carbocycles. The highest BCUT2D eigenvalue weighted by Crippen LogP contribution is 2.24. The highest BCUT2D eigenvalue weighted by Gasteiger charge is 2.12. The van der Waals surface area contributed by atoms with Gasteiger partial charge in [0.1, 0.15) is 12.4 Å². The van der Waals surface area contributed by atoms with Gasteiger partial charge in [-0.1, -0.05) is 32.9 Å². The van der Waals surface area contributed by atoms with E-state index in [0.29, 0.717) is 24.4 Å². The van der Waals surface area contributed by atoms with E-state index in [0.717, 1.165) is 5.75 Å². The van der Waals surface area contributed by atoms with Crippen LogP contribution in [0, 0.1) is 11.3 Å². The average molecular weight is 337 g/mol. The highest BCUT2D eigenvalue weighted by atomic mass is 16.5. The van der Waals surface area contributed by atoms with Gasteiger partial charge < -0.3 is 15.4 Å². The van der Waals surface area contributed by atoms with Crippen LogP contribution in [0.1, 0.15) is 31.9 Å². The van der Waals surface area contributed by atoms with Crippen molar-refractivity contribution in [3.8, 4) is 11.8 Å². The van der Waals surface area contributed by atoms with Gasteiger partial charge >= 0.3 is 6.03 Å². The maximum Gasteiger partial charge on any atom is 0.319 e. The third-order valence-corrected chi connectivity index (χ3v) is 3.65. The van der Waals surface area contributed by atoms with Crippen molar-refractivity contribution in [1.29, 1.82) is 5.26 Å². The molecule has 0 aliphatic rings. The number of amides is 2. The topological polar surface area (TPSA) is 74.2 Å². The molecule has 2 amide bonds. The van der Waals surface area contributed by atoms with E-state index in [1.165, 1.54) is 5.56 Å². The fourth-order valence-electron chi connectivity index (χ4n) is 2.19. The van der Waals surface area contributed by atoms with Crippen LogP contribution < -0.4 is 15.4 Å². The smallest absolute Gasteiger partial charge is 0.319 e. The number of carbonyl (C=O) groups is 1. The third-order valence-electron chi connectivity index (χ3n) is 3.65. The number of urea groups is 1. The molecule has 25 heavy (non-hydrogen) atoms. The highest BCUT2D eigenvalue weighted by molar-refractivity contribution is 5.89. The van der Waals surface area contributed by atoms with E-state index in [2.05, 4.69) is 43.5 Å². The van der Waals surface area contributed by atoms with E-state index < -0.39 is 0 Å². The molecule has 0 heterocycles. The Labute approximate surface area is 148 Å². The normalized spacial score (nSPS) is 10.6. The second kappa shape index (κ2) is 8.20. The predicted octanol–water partition coefficient (Wildman–Crippen LogP) is 4.06. The molecule has 0 atom stereocenters. The molecule has 0 aliphatic carbocycles. The number of hydrogen-bond acceptors (Lipinski definition) is 3. The van der Waals surface area contributed by atoms with E-state index >= 15 is 0 Å². The van der Waals surface area contributed by atoms with Crippen LogP contribution in [0.2, 0.25) is 0 Å². The zero-order chi connectivity index (χ0) is 18.3. The van der Waals surface area contributed by atoms with E-state index in [-0.39, 0.29) is 11.4 Å². The quantitative estimate of drug-likeness (QED) is 0.808. The van der Waals surface area contributed by atoms with Crippen LogP contribution in [0.5, 0.6) is 5.75 Å². The maximum atomic E-state index is 11.8. The standard InChI is InChI=1S/C20H23N3O2/c1-20(2,3)16-6-10-18(11-7-16)25-13-12-22-19(24)23-17-8-4-15(14-21)5-9-17/h4-11H,12-13H2,1-3H3,(H2,22,23,24). The molecule has 0 aliphatic heterocycles. The van der Waals surface area contributed by atoms with Gasteiger partial charge in [0.05, 0.1) is 18.2 Å². The van der Waals surface area contributed by atoms with Crippen molar-refractivity contribution < 1.29 is 9.53 Å². The van der Waals surface area contributed by atoms with E-state index in [9.17, 15) is 4.79 Å². The molecule has 5 nitrogen and oxygen atoms in total. The summed E-state index contributed by atoms with van der Waals surface area (Å²) in [5.41, 5.74) is 2.55. The molecule has 0 fully saturated rings. The largest absolute Gasteiger partial charge is 0.492 e. The summed E-state index contributed by atoms with van der Waals surface area (Å²) in [4.78, 5) is 11.8. The van der Waals surface area contributed by atoms with Crippen molar-refractivity contribution in [2.75, 3.05) is 18.5 Å². The van der Waals surface area contributed by atoms with Gasteiger partial charge in [-0.2, -0.15) is 5.26 Å². The van der Waals surface area contributed by atoms with Crippen LogP contribution in [0.4, 0.5) is 10.5 Å². The SMILES string of the molecule is CC(C)(C)c1ccc(OCCNC(=O)Nc2ccc(C#N)cc2)cc1. The van der Waals surface area contributed by atoms with Gasteiger partial charge in [0.15, 0.2) is 0 Å². The molecule has 2 aromatic rings. The van der Waals surface area contributed by atoms with Crippen molar-refractivity contribution in [2.24, 2.45) is 0 Å². The van der Waals surface area contributed by atoms with E-state index in [1.54, 1.807) is 24.3 Å². The Kier molecular flexibility index (Phi) is 6.02. The summed E-state index contributed by atoms with van der Waals surface area (Å²) >= 11 is 0. The summed E-state index contributed by atoms with van der Waals surface area (Å²) in [5.74, 6) is 0.780. The maximum absolute atomic E-state index is 11.8. The third kappa shape index (κ3) is 5.85. The number of rotatable bonds is 5. The first-order chi connectivity index (χ1) is 11.9.